The standard InChI is InChI=1S/C14H26O9P2S/c15-24(16,17)23-25(18,19)22-3-4-26(20,21)9-14-7-11-2-1-10-5-12(11)8-13(14)6-10/h10-14H,1-9H2,(H,18,19)(H2,15,16,17). The molecule has 152 valence electrons. The number of phosphoric ester groups is 1. The second-order valence-corrected chi connectivity index (χ2v) is 13.0. The van der Waals surface area contributed by atoms with E-state index in [1.165, 1.54) is 19.3 Å². The summed E-state index contributed by atoms with van der Waals surface area (Å²) < 4.78 is 54.7. The molecular formula is C14H26O9P2S. The molecule has 3 saturated carbocycles. The zero-order valence-corrected chi connectivity index (χ0v) is 16.9. The van der Waals surface area contributed by atoms with Gasteiger partial charge in [0.1, 0.15) is 0 Å². The van der Waals surface area contributed by atoms with Crippen LogP contribution in [0.15, 0.2) is 0 Å². The highest BCUT2D eigenvalue weighted by Gasteiger charge is 2.46. The molecule has 0 aromatic rings. The maximum Gasteiger partial charge on any atom is 0.481 e. The van der Waals surface area contributed by atoms with Crippen LogP contribution in [0.3, 0.4) is 0 Å². The maximum absolute atomic E-state index is 12.4. The molecule has 0 radical (unpaired) electrons. The summed E-state index contributed by atoms with van der Waals surface area (Å²) in [5, 5.41) is 0. The average Bonchev–Trinajstić information content (AvgIpc) is 2.44. The molecule has 6 atom stereocenters. The van der Waals surface area contributed by atoms with Gasteiger partial charge in [0.2, 0.25) is 0 Å². The van der Waals surface area contributed by atoms with Crippen LogP contribution < -0.4 is 0 Å². The summed E-state index contributed by atoms with van der Waals surface area (Å²) in [6, 6.07) is 0. The molecule has 0 spiro atoms. The molecule has 0 amide bonds. The highest BCUT2D eigenvalue weighted by atomic mass is 32.2. The number of rotatable bonds is 8. The molecule has 9 nitrogen and oxygen atoms in total. The van der Waals surface area contributed by atoms with E-state index in [9.17, 15) is 22.4 Å². The Morgan fingerprint density at radius 1 is 0.923 bits per heavy atom. The molecule has 3 fully saturated rings. The van der Waals surface area contributed by atoms with Gasteiger partial charge in [-0.2, -0.15) is 4.31 Å². The summed E-state index contributed by atoms with van der Waals surface area (Å²) in [5.41, 5.74) is 0. The summed E-state index contributed by atoms with van der Waals surface area (Å²) in [6.45, 7) is -0.651. The van der Waals surface area contributed by atoms with Crippen molar-refractivity contribution in [3.63, 3.8) is 0 Å². The number of fused-ring (bicyclic) bond motifs is 2. The predicted octanol–water partition coefficient (Wildman–Crippen LogP) is 2.09. The monoisotopic (exact) mass is 432 g/mol. The number of hydrogen-bond acceptors (Lipinski definition) is 6. The van der Waals surface area contributed by atoms with Crippen molar-refractivity contribution in [2.75, 3.05) is 18.1 Å². The van der Waals surface area contributed by atoms with E-state index in [4.69, 9.17) is 9.79 Å². The largest absolute Gasteiger partial charge is 0.481 e. The molecule has 6 unspecified atom stereocenters. The Balaban J connectivity index is 1.51. The van der Waals surface area contributed by atoms with Crippen molar-refractivity contribution < 1.29 is 41.1 Å². The van der Waals surface area contributed by atoms with Crippen LogP contribution >= 0.6 is 15.6 Å². The van der Waals surface area contributed by atoms with Crippen molar-refractivity contribution in [2.45, 2.75) is 38.5 Å². The predicted molar refractivity (Wildman–Crippen MR) is 92.7 cm³/mol. The molecule has 0 saturated heterocycles. The fourth-order valence-electron chi connectivity index (χ4n) is 5.17. The van der Waals surface area contributed by atoms with Crippen molar-refractivity contribution in [2.24, 2.45) is 29.6 Å². The quantitative estimate of drug-likeness (QED) is 0.490. The molecule has 26 heavy (non-hydrogen) atoms. The van der Waals surface area contributed by atoms with Gasteiger partial charge in [-0.25, -0.2) is 17.5 Å². The summed E-state index contributed by atoms with van der Waals surface area (Å²) in [6.07, 6.45) is 6.88. The Bertz CT molecular complexity index is 716. The average molecular weight is 432 g/mol. The van der Waals surface area contributed by atoms with Gasteiger partial charge in [-0.3, -0.25) is 4.52 Å². The third-order valence-electron chi connectivity index (χ3n) is 6.09. The highest BCUT2D eigenvalue weighted by Crippen LogP contribution is 2.57. The van der Waals surface area contributed by atoms with Gasteiger partial charge >= 0.3 is 15.6 Å². The zero-order valence-electron chi connectivity index (χ0n) is 14.3. The highest BCUT2D eigenvalue weighted by molar-refractivity contribution is 7.91. The van der Waals surface area contributed by atoms with Crippen LogP contribution in [-0.4, -0.2) is 41.2 Å². The van der Waals surface area contributed by atoms with Crippen molar-refractivity contribution in [3.05, 3.63) is 0 Å². The van der Waals surface area contributed by atoms with Gasteiger partial charge in [-0.15, -0.1) is 0 Å². The summed E-state index contributed by atoms with van der Waals surface area (Å²) in [7, 11) is -13.7. The van der Waals surface area contributed by atoms with Gasteiger partial charge in [0, 0.05) is 0 Å². The second-order valence-electron chi connectivity index (χ2n) is 7.91. The lowest BCUT2D eigenvalue weighted by Crippen LogP contribution is -2.44. The minimum atomic E-state index is -5.20. The summed E-state index contributed by atoms with van der Waals surface area (Å²) in [4.78, 5) is 26.2. The topological polar surface area (TPSA) is 147 Å². The Morgan fingerprint density at radius 3 is 2.31 bits per heavy atom. The van der Waals surface area contributed by atoms with Crippen molar-refractivity contribution in [1.82, 2.24) is 0 Å². The Labute approximate surface area is 153 Å². The number of sulfone groups is 1. The molecule has 0 aromatic heterocycles. The third kappa shape index (κ3) is 5.61. The lowest BCUT2D eigenvalue weighted by Gasteiger charge is -2.51. The molecule has 3 aliphatic carbocycles. The molecular weight excluding hydrogens is 406 g/mol. The fraction of sp³-hybridized carbons (Fsp3) is 1.00. The van der Waals surface area contributed by atoms with E-state index >= 15 is 0 Å². The molecule has 3 bridgehead atoms. The Hall–Kier alpha value is 0.210. The molecule has 0 aliphatic heterocycles. The summed E-state index contributed by atoms with van der Waals surface area (Å²) in [5.74, 6) is 2.21. The van der Waals surface area contributed by atoms with E-state index < -0.39 is 37.8 Å². The van der Waals surface area contributed by atoms with Crippen LogP contribution in [0, 0.1) is 29.6 Å². The van der Waals surface area contributed by atoms with Crippen molar-refractivity contribution in [1.29, 1.82) is 0 Å². The van der Waals surface area contributed by atoms with Gasteiger partial charge in [-0.1, -0.05) is 6.42 Å². The van der Waals surface area contributed by atoms with E-state index in [1.54, 1.807) is 0 Å². The third-order valence-corrected chi connectivity index (χ3v) is 10.00. The van der Waals surface area contributed by atoms with Crippen LogP contribution in [-0.2, 0) is 27.8 Å². The van der Waals surface area contributed by atoms with Crippen LogP contribution in [0.5, 0.6) is 0 Å². The Morgan fingerprint density at radius 2 is 1.62 bits per heavy atom. The first-order valence-corrected chi connectivity index (χ1v) is 13.7. The molecule has 0 aromatic carbocycles. The first-order chi connectivity index (χ1) is 11.9. The molecule has 0 heterocycles. The van der Waals surface area contributed by atoms with E-state index in [2.05, 4.69) is 8.83 Å². The number of hydrogen-bond donors (Lipinski definition) is 3. The fourth-order valence-corrected chi connectivity index (χ4v) is 8.44. The Kier molecular flexibility index (Phi) is 6.09. The van der Waals surface area contributed by atoms with Crippen molar-refractivity contribution >= 4 is 25.5 Å². The molecule has 3 N–H and O–H groups in total. The van der Waals surface area contributed by atoms with E-state index in [0.29, 0.717) is 11.8 Å². The van der Waals surface area contributed by atoms with E-state index in [-0.39, 0.29) is 11.7 Å². The minimum Gasteiger partial charge on any atom is -0.302 e. The van der Waals surface area contributed by atoms with Gasteiger partial charge in [-0.05, 0) is 61.7 Å². The van der Waals surface area contributed by atoms with Gasteiger partial charge < -0.3 is 14.7 Å². The van der Waals surface area contributed by atoms with Gasteiger partial charge in [0.15, 0.2) is 9.84 Å². The normalized spacial score (nSPS) is 36.7. The lowest BCUT2D eigenvalue weighted by atomic mass is 9.55. The first kappa shape index (κ1) is 20.9. The van der Waals surface area contributed by atoms with Crippen LogP contribution in [0.2, 0.25) is 0 Å². The second kappa shape index (κ2) is 7.56. The number of phosphoric acid groups is 2. The van der Waals surface area contributed by atoms with Gasteiger partial charge in [0.05, 0.1) is 18.1 Å². The first-order valence-electron chi connectivity index (χ1n) is 8.87. The van der Waals surface area contributed by atoms with E-state index in [1.807, 2.05) is 0 Å². The smallest absolute Gasteiger partial charge is 0.302 e. The van der Waals surface area contributed by atoms with Crippen LogP contribution in [0.1, 0.15) is 38.5 Å². The van der Waals surface area contributed by atoms with Crippen molar-refractivity contribution in [3.8, 4) is 0 Å². The van der Waals surface area contributed by atoms with Crippen LogP contribution in [0.4, 0.5) is 0 Å². The maximum atomic E-state index is 12.4. The minimum absolute atomic E-state index is 0.0338. The molecule has 3 aliphatic rings. The molecule has 3 rings (SSSR count). The van der Waals surface area contributed by atoms with E-state index in [0.717, 1.165) is 31.1 Å². The zero-order chi connectivity index (χ0) is 19.2. The lowest BCUT2D eigenvalue weighted by molar-refractivity contribution is -0.000511. The van der Waals surface area contributed by atoms with Gasteiger partial charge in [0.25, 0.3) is 0 Å². The SMILES string of the molecule is O=P(O)(O)OP(=O)(O)OCCS(=O)(=O)CC1CC2CCC3CC2CC1C3. The molecule has 12 heteroatoms. The summed E-state index contributed by atoms with van der Waals surface area (Å²) >= 11 is 0. The van der Waals surface area contributed by atoms with Crippen LogP contribution in [0.25, 0.3) is 0 Å².